The number of hydrogen-bond donors (Lipinski definition) is 2. The lowest BCUT2D eigenvalue weighted by atomic mass is 9.96. The Balaban J connectivity index is 1.24. The van der Waals surface area contributed by atoms with Crippen LogP contribution in [0.2, 0.25) is 0 Å². The highest BCUT2D eigenvalue weighted by atomic mass is 32.1. The molecule has 7 heteroatoms. The lowest BCUT2D eigenvalue weighted by Crippen LogP contribution is -2.44. The molecule has 3 aromatic rings. The molecule has 0 bridgehead atoms. The predicted molar refractivity (Wildman–Crippen MR) is 129 cm³/mol. The number of para-hydroxylation sites is 2. The number of hydrogen-bond acceptors (Lipinski definition) is 5. The van der Waals surface area contributed by atoms with Gasteiger partial charge in [0.05, 0.1) is 11.0 Å². The fraction of sp³-hybridized carbons (Fsp3) is 0.500. The second kappa shape index (κ2) is 10.3. The van der Waals surface area contributed by atoms with Gasteiger partial charge in [-0.05, 0) is 49.8 Å². The lowest BCUT2D eigenvalue weighted by molar-refractivity contribution is -0.125. The average Bonchev–Trinajstić information content (AvgIpc) is 3.47. The van der Waals surface area contributed by atoms with Crippen molar-refractivity contribution in [1.82, 2.24) is 20.2 Å². The summed E-state index contributed by atoms with van der Waals surface area (Å²) in [5.41, 5.74) is 2.05. The van der Waals surface area contributed by atoms with Crippen LogP contribution in [0.4, 0.5) is 5.95 Å². The number of piperidine rings is 1. The summed E-state index contributed by atoms with van der Waals surface area (Å²) in [6.45, 7) is 8.75. The Hall–Kier alpha value is -2.38. The van der Waals surface area contributed by atoms with E-state index in [0.29, 0.717) is 12.6 Å². The minimum absolute atomic E-state index is 0.0926. The number of H-pyrrole nitrogens is 1. The predicted octanol–water partition coefficient (Wildman–Crippen LogP) is 4.26. The van der Waals surface area contributed by atoms with E-state index in [4.69, 9.17) is 4.98 Å². The Labute approximate surface area is 188 Å². The monoisotopic (exact) mass is 439 g/mol. The van der Waals surface area contributed by atoms with Gasteiger partial charge in [0.15, 0.2) is 0 Å². The first-order chi connectivity index (χ1) is 15.1. The number of imidazole rings is 1. The Morgan fingerprint density at radius 3 is 2.81 bits per heavy atom. The van der Waals surface area contributed by atoms with Crippen molar-refractivity contribution in [3.8, 4) is 0 Å². The summed E-state index contributed by atoms with van der Waals surface area (Å²) in [4.78, 5) is 27.0. The number of thiophene rings is 1. The maximum absolute atomic E-state index is 12.8. The molecule has 4 rings (SSSR count). The summed E-state index contributed by atoms with van der Waals surface area (Å²) >= 11 is 1.80. The van der Waals surface area contributed by atoms with Gasteiger partial charge in [0.1, 0.15) is 0 Å². The summed E-state index contributed by atoms with van der Waals surface area (Å²) in [7, 11) is 0. The molecule has 0 saturated carbocycles. The van der Waals surface area contributed by atoms with Crippen LogP contribution in [0.3, 0.4) is 0 Å². The van der Waals surface area contributed by atoms with E-state index in [0.717, 1.165) is 62.4 Å². The summed E-state index contributed by atoms with van der Waals surface area (Å²) in [6, 6.07) is 12.9. The Kier molecular flexibility index (Phi) is 7.25. The minimum Gasteiger partial charge on any atom is -0.355 e. The number of amides is 1. The molecule has 1 aromatic carbocycles. The smallest absolute Gasteiger partial charge is 0.223 e. The maximum Gasteiger partial charge on any atom is 0.223 e. The summed E-state index contributed by atoms with van der Waals surface area (Å²) in [5.74, 6) is 1.21. The Bertz CT molecular complexity index is 928. The normalized spacial score (nSPS) is 16.2. The first-order valence-electron chi connectivity index (χ1n) is 11.4. The fourth-order valence-corrected chi connectivity index (χ4v) is 4.96. The second-order valence-electron chi connectivity index (χ2n) is 8.44. The summed E-state index contributed by atoms with van der Waals surface area (Å²) in [6.07, 6.45) is 2.85. The molecule has 2 aromatic heterocycles. The largest absolute Gasteiger partial charge is 0.355 e. The molecule has 31 heavy (non-hydrogen) atoms. The number of rotatable bonds is 9. The van der Waals surface area contributed by atoms with Gasteiger partial charge in [-0.3, -0.25) is 9.69 Å². The highest BCUT2D eigenvalue weighted by Crippen LogP contribution is 2.23. The molecule has 0 aliphatic carbocycles. The van der Waals surface area contributed by atoms with Crippen LogP contribution in [0.15, 0.2) is 41.8 Å². The summed E-state index contributed by atoms with van der Waals surface area (Å²) < 4.78 is 0. The van der Waals surface area contributed by atoms with Gasteiger partial charge < -0.3 is 15.2 Å². The zero-order valence-electron chi connectivity index (χ0n) is 18.5. The lowest BCUT2D eigenvalue weighted by Gasteiger charge is -2.31. The number of aromatic nitrogens is 2. The summed E-state index contributed by atoms with van der Waals surface area (Å²) in [5, 5.41) is 5.33. The van der Waals surface area contributed by atoms with Gasteiger partial charge in [-0.1, -0.05) is 25.1 Å². The molecule has 2 N–H and O–H groups in total. The van der Waals surface area contributed by atoms with Crippen LogP contribution in [0.25, 0.3) is 11.0 Å². The third kappa shape index (κ3) is 5.46. The SMILES string of the molecule is CCC(C)N(CCNC(=O)C1CCN(c2nc3ccccc3[nH]2)CC1)Cc1cccs1. The van der Waals surface area contributed by atoms with Crippen LogP contribution in [-0.4, -0.2) is 53.0 Å². The van der Waals surface area contributed by atoms with E-state index in [2.05, 4.69) is 51.5 Å². The highest BCUT2D eigenvalue weighted by molar-refractivity contribution is 7.09. The molecule has 1 atom stereocenters. The van der Waals surface area contributed by atoms with Crippen LogP contribution < -0.4 is 10.2 Å². The van der Waals surface area contributed by atoms with Gasteiger partial charge in [0.2, 0.25) is 11.9 Å². The number of nitrogens with zero attached hydrogens (tertiary/aromatic N) is 3. The molecule has 6 nitrogen and oxygen atoms in total. The van der Waals surface area contributed by atoms with Crippen LogP contribution in [0.1, 0.15) is 38.0 Å². The Morgan fingerprint density at radius 2 is 2.10 bits per heavy atom. The number of aromatic amines is 1. The van der Waals surface area contributed by atoms with Crippen molar-refractivity contribution in [2.24, 2.45) is 5.92 Å². The average molecular weight is 440 g/mol. The molecule has 1 unspecified atom stereocenters. The topological polar surface area (TPSA) is 64.3 Å². The van der Waals surface area contributed by atoms with Crippen LogP contribution in [-0.2, 0) is 11.3 Å². The third-order valence-electron chi connectivity index (χ3n) is 6.39. The van der Waals surface area contributed by atoms with E-state index in [1.807, 2.05) is 24.3 Å². The van der Waals surface area contributed by atoms with Crippen LogP contribution >= 0.6 is 11.3 Å². The van der Waals surface area contributed by atoms with Crippen molar-refractivity contribution in [1.29, 1.82) is 0 Å². The molecule has 3 heterocycles. The molecule has 1 fully saturated rings. The number of nitrogens with one attached hydrogen (secondary N) is 2. The van der Waals surface area contributed by atoms with E-state index >= 15 is 0 Å². The van der Waals surface area contributed by atoms with Gasteiger partial charge in [-0.2, -0.15) is 0 Å². The first-order valence-corrected chi connectivity index (χ1v) is 12.3. The van der Waals surface area contributed by atoms with Gasteiger partial charge in [-0.15, -0.1) is 11.3 Å². The minimum atomic E-state index is 0.0926. The van der Waals surface area contributed by atoms with Crippen LogP contribution in [0.5, 0.6) is 0 Å². The fourth-order valence-electron chi connectivity index (χ4n) is 4.23. The van der Waals surface area contributed by atoms with E-state index in [1.54, 1.807) is 11.3 Å². The van der Waals surface area contributed by atoms with Crippen molar-refractivity contribution in [3.63, 3.8) is 0 Å². The van der Waals surface area contributed by atoms with E-state index < -0.39 is 0 Å². The molecule has 1 amide bonds. The van der Waals surface area contributed by atoms with Gasteiger partial charge >= 0.3 is 0 Å². The standard InChI is InChI=1S/C24H33N5OS/c1-3-18(2)29(17-20-7-6-16-31-20)15-12-25-23(30)19-10-13-28(14-11-19)24-26-21-8-4-5-9-22(21)27-24/h4-9,16,18-19H,3,10-15,17H2,1-2H3,(H,25,30)(H,26,27). The number of carbonyl (C=O) groups is 1. The van der Waals surface area contributed by atoms with Crippen molar-refractivity contribution in [3.05, 3.63) is 46.7 Å². The molecular weight excluding hydrogens is 406 g/mol. The second-order valence-corrected chi connectivity index (χ2v) is 9.47. The molecule has 0 spiro atoms. The van der Waals surface area contributed by atoms with Crippen molar-refractivity contribution in [2.45, 2.75) is 45.7 Å². The van der Waals surface area contributed by atoms with E-state index in [1.165, 1.54) is 4.88 Å². The zero-order valence-corrected chi connectivity index (χ0v) is 19.3. The zero-order chi connectivity index (χ0) is 21.6. The molecular formula is C24H33N5OS. The van der Waals surface area contributed by atoms with Gasteiger partial charge in [-0.25, -0.2) is 4.98 Å². The van der Waals surface area contributed by atoms with Crippen LogP contribution in [0, 0.1) is 5.92 Å². The third-order valence-corrected chi connectivity index (χ3v) is 7.25. The number of fused-ring (bicyclic) bond motifs is 1. The van der Waals surface area contributed by atoms with E-state index in [-0.39, 0.29) is 11.8 Å². The highest BCUT2D eigenvalue weighted by Gasteiger charge is 2.26. The van der Waals surface area contributed by atoms with Gasteiger partial charge in [0, 0.05) is 49.6 Å². The number of anilines is 1. The molecule has 166 valence electrons. The molecule has 1 saturated heterocycles. The molecule has 1 aliphatic heterocycles. The quantitative estimate of drug-likeness (QED) is 0.523. The first kappa shape index (κ1) is 21.8. The number of carbonyl (C=O) groups excluding carboxylic acids is 1. The Morgan fingerprint density at radius 1 is 1.29 bits per heavy atom. The molecule has 1 aliphatic rings. The number of benzene rings is 1. The molecule has 0 radical (unpaired) electrons. The van der Waals surface area contributed by atoms with Crippen molar-refractivity contribution >= 4 is 34.2 Å². The van der Waals surface area contributed by atoms with Crippen molar-refractivity contribution < 1.29 is 4.79 Å². The van der Waals surface area contributed by atoms with Crippen molar-refractivity contribution in [2.75, 3.05) is 31.1 Å². The van der Waals surface area contributed by atoms with Gasteiger partial charge in [0.25, 0.3) is 0 Å². The maximum atomic E-state index is 12.8. The van der Waals surface area contributed by atoms with E-state index in [9.17, 15) is 4.79 Å².